The largest absolute Gasteiger partial charge is 0.548 e. The molecule has 0 saturated heterocycles. The monoisotopic (exact) mass is 350 g/mol. The molecular formula is C19H16N3O4-. The molecule has 1 N–H and O–H groups in total. The van der Waals surface area contributed by atoms with Crippen LogP contribution in [-0.2, 0) is 4.79 Å². The minimum Gasteiger partial charge on any atom is -0.548 e. The summed E-state index contributed by atoms with van der Waals surface area (Å²) in [4.78, 5) is 23.1. The van der Waals surface area contributed by atoms with Gasteiger partial charge in [0.15, 0.2) is 0 Å². The van der Waals surface area contributed by atoms with Crippen LogP contribution >= 0.6 is 0 Å². The van der Waals surface area contributed by atoms with Gasteiger partial charge in [0.25, 0.3) is 5.91 Å². The van der Waals surface area contributed by atoms with Gasteiger partial charge in [-0.25, -0.2) is 4.68 Å². The van der Waals surface area contributed by atoms with E-state index in [4.69, 9.17) is 4.74 Å². The normalized spacial score (nSPS) is 10.3. The van der Waals surface area contributed by atoms with E-state index in [0.717, 1.165) is 5.69 Å². The summed E-state index contributed by atoms with van der Waals surface area (Å²) in [6.07, 6.45) is 1.56. The maximum Gasteiger partial charge on any atom is 0.255 e. The van der Waals surface area contributed by atoms with Gasteiger partial charge in [-0.15, -0.1) is 0 Å². The quantitative estimate of drug-likeness (QED) is 0.716. The lowest BCUT2D eigenvalue weighted by atomic mass is 10.1. The van der Waals surface area contributed by atoms with Gasteiger partial charge in [0, 0.05) is 11.8 Å². The maximum absolute atomic E-state index is 12.5. The van der Waals surface area contributed by atoms with Crippen LogP contribution in [0.5, 0.6) is 5.75 Å². The molecule has 0 aliphatic heterocycles. The van der Waals surface area contributed by atoms with Crippen LogP contribution in [0.15, 0.2) is 60.8 Å². The number of nitrogens with zero attached hydrogens (tertiary/aromatic N) is 2. The lowest BCUT2D eigenvalue weighted by molar-refractivity contribution is -0.303. The Morgan fingerprint density at radius 1 is 1.15 bits per heavy atom. The summed E-state index contributed by atoms with van der Waals surface area (Å²) in [5.74, 6) is -1.29. The topological polar surface area (TPSA) is 96.3 Å². The fourth-order valence-corrected chi connectivity index (χ4v) is 2.48. The van der Waals surface area contributed by atoms with Gasteiger partial charge in [0.2, 0.25) is 0 Å². The fourth-order valence-electron chi connectivity index (χ4n) is 2.48. The predicted molar refractivity (Wildman–Crippen MR) is 92.9 cm³/mol. The van der Waals surface area contributed by atoms with Crippen molar-refractivity contribution >= 4 is 11.9 Å². The van der Waals surface area contributed by atoms with Crippen molar-refractivity contribution in [2.75, 3.05) is 13.7 Å². The maximum atomic E-state index is 12.5. The average Bonchev–Trinajstić information content (AvgIpc) is 3.12. The zero-order valence-corrected chi connectivity index (χ0v) is 14.0. The Balaban J connectivity index is 2.06. The highest BCUT2D eigenvalue weighted by Gasteiger charge is 2.19. The van der Waals surface area contributed by atoms with Crippen molar-refractivity contribution in [1.29, 1.82) is 0 Å². The van der Waals surface area contributed by atoms with E-state index in [0.29, 0.717) is 17.0 Å². The van der Waals surface area contributed by atoms with Crippen molar-refractivity contribution in [3.63, 3.8) is 0 Å². The molecule has 0 fully saturated rings. The number of carbonyl (C=O) groups is 2. The van der Waals surface area contributed by atoms with Crippen molar-refractivity contribution in [3.05, 3.63) is 66.4 Å². The lowest BCUT2D eigenvalue weighted by Gasteiger charge is -2.06. The van der Waals surface area contributed by atoms with Crippen molar-refractivity contribution in [1.82, 2.24) is 15.1 Å². The van der Waals surface area contributed by atoms with Crippen LogP contribution in [0, 0.1) is 0 Å². The van der Waals surface area contributed by atoms with Gasteiger partial charge in [0.05, 0.1) is 30.9 Å². The molecule has 7 heteroatoms. The van der Waals surface area contributed by atoms with Crippen molar-refractivity contribution in [2.24, 2.45) is 0 Å². The van der Waals surface area contributed by atoms with Crippen LogP contribution in [0.25, 0.3) is 16.9 Å². The summed E-state index contributed by atoms with van der Waals surface area (Å²) in [7, 11) is 1.55. The minimum atomic E-state index is -1.36. The van der Waals surface area contributed by atoms with Crippen molar-refractivity contribution in [3.8, 4) is 22.7 Å². The molecule has 3 aromatic rings. The number of rotatable bonds is 6. The molecule has 132 valence electrons. The highest BCUT2D eigenvalue weighted by Crippen LogP contribution is 2.26. The van der Waals surface area contributed by atoms with Gasteiger partial charge in [-0.05, 0) is 24.3 Å². The van der Waals surface area contributed by atoms with Crippen molar-refractivity contribution in [2.45, 2.75) is 0 Å². The first kappa shape index (κ1) is 17.2. The third kappa shape index (κ3) is 3.72. The summed E-state index contributed by atoms with van der Waals surface area (Å²) in [5, 5.41) is 17.5. The first-order chi connectivity index (χ1) is 12.6. The van der Waals surface area contributed by atoms with E-state index in [1.165, 1.54) is 0 Å². The first-order valence-electron chi connectivity index (χ1n) is 7.86. The predicted octanol–water partition coefficient (Wildman–Crippen LogP) is 1.03. The number of nitrogens with one attached hydrogen (secondary N) is 1. The molecule has 0 aliphatic rings. The van der Waals surface area contributed by atoms with E-state index in [-0.39, 0.29) is 5.56 Å². The molecule has 0 atom stereocenters. The Morgan fingerprint density at radius 3 is 2.62 bits per heavy atom. The van der Waals surface area contributed by atoms with Crippen LogP contribution in [0.1, 0.15) is 10.4 Å². The number of carboxylic acids is 1. The summed E-state index contributed by atoms with van der Waals surface area (Å²) in [6.45, 7) is -0.576. The lowest BCUT2D eigenvalue weighted by Crippen LogP contribution is -2.37. The molecule has 1 amide bonds. The number of aliphatic carboxylic acids is 1. The van der Waals surface area contributed by atoms with E-state index < -0.39 is 18.4 Å². The van der Waals surface area contributed by atoms with E-state index in [1.54, 1.807) is 42.3 Å². The summed E-state index contributed by atoms with van der Waals surface area (Å²) in [6, 6.07) is 16.4. The second kappa shape index (κ2) is 7.52. The fraction of sp³-hybridized carbons (Fsp3) is 0.105. The first-order valence-corrected chi connectivity index (χ1v) is 7.86. The van der Waals surface area contributed by atoms with Gasteiger partial charge in [-0.1, -0.05) is 30.3 Å². The van der Waals surface area contributed by atoms with Crippen LogP contribution in [0.3, 0.4) is 0 Å². The Morgan fingerprint density at radius 2 is 1.92 bits per heavy atom. The summed E-state index contributed by atoms with van der Waals surface area (Å²) >= 11 is 0. The van der Waals surface area contributed by atoms with Crippen LogP contribution in [-0.4, -0.2) is 35.3 Å². The van der Waals surface area contributed by atoms with E-state index in [1.807, 2.05) is 30.3 Å². The number of methoxy groups -OCH3 is 1. The molecular weight excluding hydrogens is 334 g/mol. The molecule has 0 unspecified atom stereocenters. The summed E-state index contributed by atoms with van der Waals surface area (Å²) < 4.78 is 6.80. The number of ether oxygens (including phenoxy) is 1. The molecule has 7 nitrogen and oxygen atoms in total. The second-order valence-electron chi connectivity index (χ2n) is 5.46. The number of amides is 1. The van der Waals surface area contributed by atoms with Gasteiger partial charge >= 0.3 is 0 Å². The molecule has 1 heterocycles. The highest BCUT2D eigenvalue weighted by molar-refractivity contribution is 6.01. The molecule has 26 heavy (non-hydrogen) atoms. The molecule has 0 radical (unpaired) electrons. The summed E-state index contributed by atoms with van der Waals surface area (Å²) in [5.41, 5.74) is 2.13. The number of hydrogen-bond donors (Lipinski definition) is 1. The SMILES string of the molecule is COc1cccc(-c2nn(-c3ccccc3)cc2C(=O)NCC(=O)[O-])c1. The van der Waals surface area contributed by atoms with Crippen LogP contribution in [0.2, 0.25) is 0 Å². The number of aromatic nitrogens is 2. The van der Waals surface area contributed by atoms with Gasteiger partial charge in [-0.3, -0.25) is 4.79 Å². The van der Waals surface area contributed by atoms with E-state index in [2.05, 4.69) is 10.4 Å². The van der Waals surface area contributed by atoms with Gasteiger partial charge in [0.1, 0.15) is 11.4 Å². The molecule has 2 aromatic carbocycles. The second-order valence-corrected chi connectivity index (χ2v) is 5.46. The Hall–Kier alpha value is -3.61. The Kier molecular flexibility index (Phi) is 4.98. The van der Waals surface area contributed by atoms with Crippen molar-refractivity contribution < 1.29 is 19.4 Å². The number of benzene rings is 2. The molecule has 0 bridgehead atoms. The number of carboxylic acid groups (broad SMARTS) is 1. The highest BCUT2D eigenvalue weighted by atomic mass is 16.5. The zero-order valence-electron chi connectivity index (χ0n) is 14.0. The number of hydrogen-bond acceptors (Lipinski definition) is 5. The molecule has 0 saturated carbocycles. The number of para-hydroxylation sites is 1. The Labute approximate surface area is 149 Å². The third-order valence-corrected chi connectivity index (χ3v) is 3.72. The number of carbonyl (C=O) groups excluding carboxylic acids is 2. The molecule has 0 spiro atoms. The smallest absolute Gasteiger partial charge is 0.255 e. The van der Waals surface area contributed by atoms with Crippen LogP contribution in [0.4, 0.5) is 0 Å². The van der Waals surface area contributed by atoms with Crippen LogP contribution < -0.4 is 15.2 Å². The molecule has 0 aliphatic carbocycles. The molecule has 1 aromatic heterocycles. The third-order valence-electron chi connectivity index (χ3n) is 3.72. The Bertz CT molecular complexity index is 935. The average molecular weight is 350 g/mol. The molecule has 3 rings (SSSR count). The zero-order chi connectivity index (χ0) is 18.5. The van der Waals surface area contributed by atoms with E-state index in [9.17, 15) is 14.7 Å². The van der Waals surface area contributed by atoms with Gasteiger partial charge in [-0.2, -0.15) is 5.10 Å². The van der Waals surface area contributed by atoms with E-state index >= 15 is 0 Å². The standard InChI is InChI=1S/C19H17N3O4/c1-26-15-9-5-6-13(10-15)18-16(19(25)20-11-17(23)24)12-22(21-18)14-7-3-2-4-8-14/h2-10,12H,11H2,1H3,(H,20,25)(H,23,24)/p-1. The van der Waals surface area contributed by atoms with Gasteiger partial charge < -0.3 is 20.0 Å². The minimum absolute atomic E-state index is 0.253.